The van der Waals surface area contributed by atoms with Crippen LogP contribution in [-0.2, 0) is 13.6 Å². The van der Waals surface area contributed by atoms with Crippen molar-refractivity contribution < 1.29 is 0 Å². The van der Waals surface area contributed by atoms with Crippen LogP contribution >= 0.6 is 11.6 Å². The summed E-state index contributed by atoms with van der Waals surface area (Å²) in [4.78, 5) is 2.67. The summed E-state index contributed by atoms with van der Waals surface area (Å²) in [6.07, 6.45) is 4.17. The Hall–Kier alpha value is -0.580. The molecule has 1 aromatic rings. The number of likely N-dealkylation sites (tertiary alicyclic amines) is 1. The Labute approximate surface area is 132 Å². The van der Waals surface area contributed by atoms with E-state index in [0.717, 1.165) is 35.9 Å². The van der Waals surface area contributed by atoms with E-state index in [1.54, 1.807) is 4.68 Å². The molecule has 1 aromatic heterocycles. The van der Waals surface area contributed by atoms with Gasteiger partial charge in [0.05, 0.1) is 5.69 Å². The largest absolute Gasteiger partial charge is 0.312 e. The lowest BCUT2D eigenvalue weighted by Gasteiger charge is -2.15. The van der Waals surface area contributed by atoms with E-state index in [1.807, 2.05) is 7.05 Å². The van der Waals surface area contributed by atoms with Gasteiger partial charge in [0.25, 0.3) is 0 Å². The number of aromatic nitrogens is 2. The Balaban J connectivity index is 1.51. The average Bonchev–Trinajstić information content (AvgIpc) is 3.13. The zero-order valence-electron chi connectivity index (χ0n) is 13.4. The van der Waals surface area contributed by atoms with Gasteiger partial charge >= 0.3 is 0 Å². The third-order valence-electron chi connectivity index (χ3n) is 4.76. The van der Waals surface area contributed by atoms with Gasteiger partial charge in [0.2, 0.25) is 0 Å². The highest BCUT2D eigenvalue weighted by Crippen LogP contribution is 2.31. The predicted octanol–water partition coefficient (Wildman–Crippen LogP) is 2.77. The Morgan fingerprint density at radius 1 is 1.33 bits per heavy atom. The van der Waals surface area contributed by atoms with E-state index in [-0.39, 0.29) is 0 Å². The first-order valence-corrected chi connectivity index (χ1v) is 8.60. The van der Waals surface area contributed by atoms with E-state index in [0.29, 0.717) is 5.92 Å². The van der Waals surface area contributed by atoms with E-state index < -0.39 is 0 Å². The first-order valence-electron chi connectivity index (χ1n) is 8.22. The molecule has 2 aliphatic rings. The van der Waals surface area contributed by atoms with Crippen LogP contribution in [0.25, 0.3) is 0 Å². The molecule has 1 saturated heterocycles. The molecular weight excluding hydrogens is 284 g/mol. The first kappa shape index (κ1) is 15.3. The molecule has 1 aliphatic heterocycles. The Kier molecular flexibility index (Phi) is 4.57. The second kappa shape index (κ2) is 6.27. The lowest BCUT2D eigenvalue weighted by molar-refractivity contribution is 0.312. The van der Waals surface area contributed by atoms with Crippen LogP contribution in [0.15, 0.2) is 0 Å². The summed E-state index contributed by atoms with van der Waals surface area (Å²) in [5.74, 6) is 1.21. The minimum Gasteiger partial charge on any atom is -0.312 e. The van der Waals surface area contributed by atoms with Crippen molar-refractivity contribution in [3.05, 3.63) is 16.4 Å². The molecule has 118 valence electrons. The highest BCUT2D eigenvalue weighted by atomic mass is 35.5. The summed E-state index contributed by atoms with van der Waals surface area (Å²) < 4.78 is 1.79. The molecule has 0 aromatic carbocycles. The molecule has 1 aliphatic carbocycles. The van der Waals surface area contributed by atoms with Crippen molar-refractivity contribution in [2.75, 3.05) is 19.6 Å². The van der Waals surface area contributed by atoms with E-state index in [4.69, 9.17) is 11.6 Å². The molecule has 0 bridgehead atoms. The van der Waals surface area contributed by atoms with Crippen molar-refractivity contribution in [1.82, 2.24) is 20.0 Å². The van der Waals surface area contributed by atoms with Crippen molar-refractivity contribution in [3.8, 4) is 0 Å². The normalized spacial score (nSPS) is 23.4. The lowest BCUT2D eigenvalue weighted by Crippen LogP contribution is -2.27. The third-order valence-corrected chi connectivity index (χ3v) is 5.24. The van der Waals surface area contributed by atoms with Crippen LogP contribution in [0.4, 0.5) is 0 Å². The molecule has 0 amide bonds. The molecule has 0 spiro atoms. The maximum Gasteiger partial charge on any atom is 0.131 e. The molecule has 0 unspecified atom stereocenters. The predicted molar refractivity (Wildman–Crippen MR) is 86.7 cm³/mol. The smallest absolute Gasteiger partial charge is 0.131 e. The monoisotopic (exact) mass is 310 g/mol. The number of hydrogen-bond donors (Lipinski definition) is 1. The number of nitrogens with one attached hydrogen (secondary N) is 1. The second-order valence-corrected chi connectivity index (χ2v) is 7.30. The fraction of sp³-hybridized carbons (Fsp3) is 0.812. The molecule has 2 fully saturated rings. The molecule has 2 heterocycles. The summed E-state index contributed by atoms with van der Waals surface area (Å²) >= 11 is 6.38. The van der Waals surface area contributed by atoms with Crippen LogP contribution in [0.1, 0.15) is 50.3 Å². The van der Waals surface area contributed by atoms with E-state index >= 15 is 0 Å². The average molecular weight is 311 g/mol. The minimum absolute atomic E-state index is 0.414. The minimum atomic E-state index is 0.414. The Morgan fingerprint density at radius 2 is 2.10 bits per heavy atom. The topological polar surface area (TPSA) is 33.1 Å². The maximum atomic E-state index is 6.38. The molecular formula is C16H27ClN4. The van der Waals surface area contributed by atoms with Crippen molar-refractivity contribution in [1.29, 1.82) is 0 Å². The van der Waals surface area contributed by atoms with Crippen molar-refractivity contribution in [2.45, 2.75) is 51.6 Å². The highest BCUT2D eigenvalue weighted by molar-refractivity contribution is 6.30. The molecule has 4 nitrogen and oxygen atoms in total. The van der Waals surface area contributed by atoms with Gasteiger partial charge in [-0.2, -0.15) is 5.10 Å². The number of nitrogens with zero attached hydrogens (tertiary/aromatic N) is 3. The standard InChI is InChI=1S/C16H27ClN4/c1-11(2)15-14(16(17)20(3)19-15)9-18-8-12-6-7-21(10-12)13-4-5-13/h11-13,18H,4-10H2,1-3H3/t12-/m1/s1. The molecule has 21 heavy (non-hydrogen) atoms. The van der Waals surface area contributed by atoms with Gasteiger partial charge in [0.15, 0.2) is 0 Å². The fourth-order valence-corrected chi connectivity index (χ4v) is 3.60. The second-order valence-electron chi connectivity index (χ2n) is 6.94. The number of rotatable bonds is 6. The van der Waals surface area contributed by atoms with Crippen LogP contribution in [0.3, 0.4) is 0 Å². The zero-order valence-corrected chi connectivity index (χ0v) is 14.2. The summed E-state index contributed by atoms with van der Waals surface area (Å²) in [6.45, 7) is 8.84. The van der Waals surface area contributed by atoms with Crippen LogP contribution in [0.2, 0.25) is 5.15 Å². The van der Waals surface area contributed by atoms with Gasteiger partial charge in [-0.1, -0.05) is 25.4 Å². The lowest BCUT2D eigenvalue weighted by atomic mass is 10.1. The third kappa shape index (κ3) is 3.43. The first-order chi connectivity index (χ1) is 10.1. The molecule has 1 N–H and O–H groups in total. The van der Waals surface area contributed by atoms with Gasteiger partial charge in [-0.05, 0) is 44.2 Å². The van der Waals surface area contributed by atoms with Crippen molar-refractivity contribution in [3.63, 3.8) is 0 Å². The summed E-state index contributed by atoms with van der Waals surface area (Å²) in [5, 5.41) is 8.92. The van der Waals surface area contributed by atoms with Crippen LogP contribution in [-0.4, -0.2) is 40.4 Å². The summed E-state index contributed by atoms with van der Waals surface area (Å²) in [7, 11) is 1.92. The van der Waals surface area contributed by atoms with E-state index in [2.05, 4.69) is 29.2 Å². The van der Waals surface area contributed by atoms with E-state index in [1.165, 1.54) is 37.9 Å². The molecule has 3 rings (SSSR count). The van der Waals surface area contributed by atoms with Gasteiger partial charge in [0.1, 0.15) is 5.15 Å². The van der Waals surface area contributed by atoms with Crippen LogP contribution < -0.4 is 5.32 Å². The quantitative estimate of drug-likeness (QED) is 0.877. The summed E-state index contributed by atoms with van der Waals surface area (Å²) in [6, 6.07) is 0.912. The van der Waals surface area contributed by atoms with Crippen LogP contribution in [0.5, 0.6) is 0 Å². The number of hydrogen-bond acceptors (Lipinski definition) is 3. The molecule has 1 saturated carbocycles. The highest BCUT2D eigenvalue weighted by Gasteiger charge is 2.34. The van der Waals surface area contributed by atoms with Gasteiger partial charge in [0, 0.05) is 31.7 Å². The van der Waals surface area contributed by atoms with Gasteiger partial charge in [-0.3, -0.25) is 4.68 Å². The van der Waals surface area contributed by atoms with Crippen molar-refractivity contribution >= 4 is 11.6 Å². The maximum absolute atomic E-state index is 6.38. The van der Waals surface area contributed by atoms with E-state index in [9.17, 15) is 0 Å². The SMILES string of the molecule is CC(C)c1nn(C)c(Cl)c1CNC[C@H]1CCN(C2CC2)C1. The Bertz CT molecular complexity index is 493. The van der Waals surface area contributed by atoms with Gasteiger partial charge in [-0.15, -0.1) is 0 Å². The molecule has 5 heteroatoms. The molecule has 0 radical (unpaired) electrons. The van der Waals surface area contributed by atoms with Gasteiger partial charge < -0.3 is 10.2 Å². The summed E-state index contributed by atoms with van der Waals surface area (Å²) in [5.41, 5.74) is 2.30. The number of halogens is 1. The molecule has 1 atom stereocenters. The van der Waals surface area contributed by atoms with Crippen LogP contribution in [0, 0.1) is 5.92 Å². The number of aryl methyl sites for hydroxylation is 1. The Morgan fingerprint density at radius 3 is 2.76 bits per heavy atom. The van der Waals surface area contributed by atoms with Gasteiger partial charge in [-0.25, -0.2) is 0 Å². The zero-order chi connectivity index (χ0) is 15.0. The van der Waals surface area contributed by atoms with Crippen molar-refractivity contribution in [2.24, 2.45) is 13.0 Å². The fourth-order valence-electron chi connectivity index (χ4n) is 3.40.